The second kappa shape index (κ2) is 12.2. The number of amides is 2. The molecule has 0 saturated heterocycles. The van der Waals surface area contributed by atoms with E-state index in [1.807, 2.05) is 0 Å². The molecular formula is C24H30N2O4S. The Balaban J connectivity index is 1.79. The van der Waals surface area contributed by atoms with Crippen molar-refractivity contribution in [3.8, 4) is 0 Å². The van der Waals surface area contributed by atoms with Crippen LogP contribution in [0.5, 0.6) is 0 Å². The van der Waals surface area contributed by atoms with Crippen LogP contribution in [0, 0.1) is 0 Å². The normalized spacial score (nSPS) is 10.6. The summed E-state index contributed by atoms with van der Waals surface area (Å²) in [5.74, 6) is -0.276. The number of benzene rings is 2. The van der Waals surface area contributed by atoms with E-state index in [0.29, 0.717) is 29.3 Å². The number of carbonyl (C=O) groups is 3. The van der Waals surface area contributed by atoms with Crippen LogP contribution in [0.4, 0.5) is 0 Å². The average Bonchev–Trinajstić information content (AvgIpc) is 2.76. The lowest BCUT2D eigenvalue weighted by atomic mass is 10.0. The first kappa shape index (κ1) is 24.5. The molecule has 0 aliphatic carbocycles. The van der Waals surface area contributed by atoms with Crippen LogP contribution >= 0.6 is 11.8 Å². The summed E-state index contributed by atoms with van der Waals surface area (Å²) in [5.41, 5.74) is 2.77. The molecule has 0 unspecified atom stereocenters. The molecule has 0 aliphatic rings. The van der Waals surface area contributed by atoms with E-state index < -0.39 is 5.97 Å². The second-order valence-corrected chi connectivity index (χ2v) is 8.66. The van der Waals surface area contributed by atoms with Crippen molar-refractivity contribution >= 4 is 29.5 Å². The summed E-state index contributed by atoms with van der Waals surface area (Å²) in [5, 5.41) is 2.77. The zero-order valence-electron chi connectivity index (χ0n) is 18.5. The predicted octanol–water partition coefficient (Wildman–Crippen LogP) is 3.51. The van der Waals surface area contributed by atoms with E-state index in [1.54, 1.807) is 38.4 Å². The first-order valence-corrected chi connectivity index (χ1v) is 11.2. The van der Waals surface area contributed by atoms with Gasteiger partial charge in [0.2, 0.25) is 5.91 Å². The highest BCUT2D eigenvalue weighted by Gasteiger charge is 2.16. The van der Waals surface area contributed by atoms with Crippen LogP contribution in [0.25, 0.3) is 0 Å². The lowest BCUT2D eigenvalue weighted by molar-refractivity contribution is -0.126. The molecule has 7 heteroatoms. The first-order valence-electron chi connectivity index (χ1n) is 10.2. The van der Waals surface area contributed by atoms with Crippen LogP contribution in [-0.2, 0) is 20.7 Å². The van der Waals surface area contributed by atoms with Gasteiger partial charge >= 0.3 is 5.97 Å². The first-order chi connectivity index (χ1) is 14.8. The van der Waals surface area contributed by atoms with Crippen LogP contribution < -0.4 is 5.32 Å². The number of rotatable bonds is 10. The number of thioether (sulfide) groups is 1. The molecule has 0 saturated carbocycles. The number of nitrogens with zero attached hydrogens (tertiary/aromatic N) is 1. The Morgan fingerprint density at radius 3 is 2.35 bits per heavy atom. The molecule has 166 valence electrons. The summed E-state index contributed by atoms with van der Waals surface area (Å²) in [6, 6.07) is 15.2. The largest absolute Gasteiger partial charge is 0.452 e. The highest BCUT2D eigenvalue weighted by molar-refractivity contribution is 8.00. The fourth-order valence-corrected chi connectivity index (χ4v) is 3.72. The fourth-order valence-electron chi connectivity index (χ4n) is 2.71. The Morgan fingerprint density at radius 1 is 1.03 bits per heavy atom. The van der Waals surface area contributed by atoms with E-state index in [1.165, 1.54) is 22.2 Å². The topological polar surface area (TPSA) is 75.7 Å². The van der Waals surface area contributed by atoms with Gasteiger partial charge in [-0.1, -0.05) is 50.2 Å². The monoisotopic (exact) mass is 442 g/mol. The van der Waals surface area contributed by atoms with Gasteiger partial charge in [-0.3, -0.25) is 9.59 Å². The van der Waals surface area contributed by atoms with Gasteiger partial charge in [0.1, 0.15) is 0 Å². The SMILES string of the molecule is CC(C)c1ccc(CCNC(=O)COC(=O)c2ccccc2SCC(=O)N(C)C)cc1. The molecule has 31 heavy (non-hydrogen) atoms. The zero-order chi connectivity index (χ0) is 22.8. The van der Waals surface area contributed by atoms with Crippen molar-refractivity contribution in [2.75, 3.05) is 33.0 Å². The lowest BCUT2D eigenvalue weighted by Crippen LogP contribution is -2.30. The molecule has 0 heterocycles. The van der Waals surface area contributed by atoms with Gasteiger partial charge in [0.05, 0.1) is 11.3 Å². The van der Waals surface area contributed by atoms with E-state index in [-0.39, 0.29) is 24.2 Å². The fraction of sp³-hybridized carbons (Fsp3) is 0.375. The number of esters is 1. The molecule has 0 bridgehead atoms. The van der Waals surface area contributed by atoms with Crippen LogP contribution in [0.3, 0.4) is 0 Å². The lowest BCUT2D eigenvalue weighted by Gasteiger charge is -2.12. The molecule has 0 radical (unpaired) electrons. The van der Waals surface area contributed by atoms with Crippen molar-refractivity contribution in [3.63, 3.8) is 0 Å². The Labute approximate surface area is 188 Å². The molecule has 6 nitrogen and oxygen atoms in total. The van der Waals surface area contributed by atoms with E-state index in [4.69, 9.17) is 4.74 Å². The second-order valence-electron chi connectivity index (χ2n) is 7.65. The van der Waals surface area contributed by atoms with E-state index in [2.05, 4.69) is 43.4 Å². The van der Waals surface area contributed by atoms with Crippen LogP contribution in [-0.4, -0.2) is 55.7 Å². The Hall–Kier alpha value is -2.80. The molecule has 1 N–H and O–H groups in total. The third-order valence-electron chi connectivity index (χ3n) is 4.67. The van der Waals surface area contributed by atoms with Crippen molar-refractivity contribution in [2.24, 2.45) is 0 Å². The molecule has 2 rings (SSSR count). The van der Waals surface area contributed by atoms with Gasteiger partial charge in [0, 0.05) is 25.5 Å². The molecule has 0 spiro atoms. The van der Waals surface area contributed by atoms with Crippen LogP contribution in [0.15, 0.2) is 53.4 Å². The molecule has 2 aromatic rings. The zero-order valence-corrected chi connectivity index (χ0v) is 19.3. The minimum atomic E-state index is -0.583. The van der Waals surface area contributed by atoms with Crippen molar-refractivity contribution in [2.45, 2.75) is 31.1 Å². The number of hydrogen-bond acceptors (Lipinski definition) is 5. The third-order valence-corrected chi connectivity index (χ3v) is 5.73. The maximum Gasteiger partial charge on any atom is 0.339 e. The summed E-state index contributed by atoms with van der Waals surface area (Å²) >= 11 is 1.27. The minimum absolute atomic E-state index is 0.0496. The average molecular weight is 443 g/mol. The van der Waals surface area contributed by atoms with E-state index >= 15 is 0 Å². The number of carbonyl (C=O) groups excluding carboxylic acids is 3. The van der Waals surface area contributed by atoms with Crippen LogP contribution in [0.2, 0.25) is 0 Å². The number of nitrogens with one attached hydrogen (secondary N) is 1. The summed E-state index contributed by atoms with van der Waals surface area (Å²) in [7, 11) is 3.37. The molecule has 0 fully saturated rings. The summed E-state index contributed by atoms with van der Waals surface area (Å²) in [6.45, 7) is 4.42. The molecular weight excluding hydrogens is 412 g/mol. The highest BCUT2D eigenvalue weighted by Crippen LogP contribution is 2.23. The van der Waals surface area contributed by atoms with Crippen molar-refractivity contribution in [1.29, 1.82) is 0 Å². The van der Waals surface area contributed by atoms with E-state index in [9.17, 15) is 14.4 Å². The summed E-state index contributed by atoms with van der Waals surface area (Å²) in [6.07, 6.45) is 0.706. The molecule has 0 aliphatic heterocycles. The smallest absolute Gasteiger partial charge is 0.339 e. The maximum atomic E-state index is 12.4. The predicted molar refractivity (Wildman–Crippen MR) is 123 cm³/mol. The maximum absolute atomic E-state index is 12.4. The Morgan fingerprint density at radius 2 is 1.71 bits per heavy atom. The summed E-state index contributed by atoms with van der Waals surface area (Å²) in [4.78, 5) is 38.4. The van der Waals surface area contributed by atoms with Crippen molar-refractivity contribution in [1.82, 2.24) is 10.2 Å². The van der Waals surface area contributed by atoms with Gasteiger partial charge in [-0.05, 0) is 35.6 Å². The third kappa shape index (κ3) is 8.09. The number of ether oxygens (including phenoxy) is 1. The van der Waals surface area contributed by atoms with Gasteiger partial charge in [0.25, 0.3) is 5.91 Å². The molecule has 2 aromatic carbocycles. The van der Waals surface area contributed by atoms with Gasteiger partial charge in [-0.15, -0.1) is 11.8 Å². The van der Waals surface area contributed by atoms with Crippen molar-refractivity contribution in [3.05, 3.63) is 65.2 Å². The van der Waals surface area contributed by atoms with Crippen LogP contribution in [0.1, 0.15) is 41.3 Å². The highest BCUT2D eigenvalue weighted by atomic mass is 32.2. The standard InChI is InChI=1S/C24H30N2O4S/c1-17(2)19-11-9-18(10-12-19)13-14-25-22(27)15-30-24(29)20-7-5-6-8-21(20)31-16-23(28)26(3)4/h5-12,17H,13-16H2,1-4H3,(H,25,27). The number of hydrogen-bond donors (Lipinski definition) is 1. The Bertz CT molecular complexity index is 895. The minimum Gasteiger partial charge on any atom is -0.452 e. The van der Waals surface area contributed by atoms with Gasteiger partial charge in [0.15, 0.2) is 6.61 Å². The quantitative estimate of drug-likeness (QED) is 0.450. The van der Waals surface area contributed by atoms with Gasteiger partial charge < -0.3 is 15.0 Å². The molecule has 0 atom stereocenters. The Kier molecular flexibility index (Phi) is 9.59. The van der Waals surface area contributed by atoms with E-state index in [0.717, 1.165) is 5.56 Å². The summed E-state index contributed by atoms with van der Waals surface area (Å²) < 4.78 is 5.17. The molecule has 0 aromatic heterocycles. The van der Waals surface area contributed by atoms with Gasteiger partial charge in [-0.2, -0.15) is 0 Å². The molecule has 2 amide bonds. The van der Waals surface area contributed by atoms with Gasteiger partial charge in [-0.25, -0.2) is 4.79 Å². The van der Waals surface area contributed by atoms with Crippen molar-refractivity contribution < 1.29 is 19.1 Å².